The van der Waals surface area contributed by atoms with Gasteiger partial charge in [0, 0.05) is 17.6 Å². The number of methoxy groups -OCH3 is 1. The first-order valence-electron chi connectivity index (χ1n) is 6.23. The largest absolute Gasteiger partial charge is 0.497 e. The SMILES string of the molecule is COc1ccc(N)c(Oc2cccc3ncccc23)c1. The van der Waals surface area contributed by atoms with Gasteiger partial charge in [0.15, 0.2) is 5.75 Å². The van der Waals surface area contributed by atoms with Gasteiger partial charge in [0.05, 0.1) is 18.3 Å². The van der Waals surface area contributed by atoms with Crippen molar-refractivity contribution in [2.45, 2.75) is 0 Å². The van der Waals surface area contributed by atoms with E-state index < -0.39 is 0 Å². The number of nitrogens with zero attached hydrogens (tertiary/aromatic N) is 1. The number of nitrogens with two attached hydrogens (primary N) is 1. The van der Waals surface area contributed by atoms with Crippen LogP contribution in [0, 0.1) is 0 Å². The molecule has 0 aliphatic rings. The molecule has 4 nitrogen and oxygen atoms in total. The third-order valence-corrected chi connectivity index (χ3v) is 3.05. The van der Waals surface area contributed by atoms with E-state index in [1.165, 1.54) is 0 Å². The highest BCUT2D eigenvalue weighted by atomic mass is 16.5. The minimum absolute atomic E-state index is 0.562. The fourth-order valence-corrected chi connectivity index (χ4v) is 2.01. The topological polar surface area (TPSA) is 57.4 Å². The standard InChI is InChI=1S/C16H14N2O2/c1-19-11-7-8-13(17)16(10-11)20-15-6-2-5-14-12(15)4-3-9-18-14/h2-10H,17H2,1H3. The van der Waals surface area contributed by atoms with E-state index in [9.17, 15) is 0 Å². The lowest BCUT2D eigenvalue weighted by Gasteiger charge is -2.11. The minimum Gasteiger partial charge on any atom is -0.497 e. The summed E-state index contributed by atoms with van der Waals surface area (Å²) in [6.45, 7) is 0. The van der Waals surface area contributed by atoms with Crippen LogP contribution < -0.4 is 15.2 Å². The molecule has 3 aromatic rings. The van der Waals surface area contributed by atoms with Crippen molar-refractivity contribution in [3.05, 3.63) is 54.7 Å². The number of nitrogen functional groups attached to an aromatic ring is 1. The molecule has 0 amide bonds. The molecule has 100 valence electrons. The molecule has 20 heavy (non-hydrogen) atoms. The Kier molecular flexibility index (Phi) is 3.13. The van der Waals surface area contributed by atoms with Gasteiger partial charge in [0.25, 0.3) is 0 Å². The van der Waals surface area contributed by atoms with Crippen molar-refractivity contribution in [3.63, 3.8) is 0 Å². The predicted molar refractivity (Wildman–Crippen MR) is 79.2 cm³/mol. The zero-order valence-corrected chi connectivity index (χ0v) is 11.0. The summed E-state index contributed by atoms with van der Waals surface area (Å²) in [5, 5.41) is 0.942. The number of aromatic nitrogens is 1. The van der Waals surface area contributed by atoms with Crippen molar-refractivity contribution in [1.29, 1.82) is 0 Å². The minimum atomic E-state index is 0.562. The van der Waals surface area contributed by atoms with E-state index in [2.05, 4.69) is 4.98 Å². The Morgan fingerprint density at radius 2 is 1.90 bits per heavy atom. The first kappa shape index (κ1) is 12.3. The normalized spacial score (nSPS) is 10.4. The third-order valence-electron chi connectivity index (χ3n) is 3.05. The van der Waals surface area contributed by atoms with Crippen LogP contribution in [0.4, 0.5) is 5.69 Å². The molecule has 0 unspecified atom stereocenters. The quantitative estimate of drug-likeness (QED) is 0.736. The van der Waals surface area contributed by atoms with Crippen LogP contribution in [0.5, 0.6) is 17.2 Å². The molecular weight excluding hydrogens is 252 g/mol. The molecule has 1 heterocycles. The molecule has 0 saturated heterocycles. The smallest absolute Gasteiger partial charge is 0.154 e. The van der Waals surface area contributed by atoms with Crippen molar-refractivity contribution in [1.82, 2.24) is 4.98 Å². The first-order valence-corrected chi connectivity index (χ1v) is 6.23. The number of anilines is 1. The molecule has 0 bridgehead atoms. The summed E-state index contributed by atoms with van der Waals surface area (Å²) in [6, 6.07) is 14.9. The lowest BCUT2D eigenvalue weighted by Crippen LogP contribution is -1.94. The Bertz CT molecular complexity index is 751. The van der Waals surface area contributed by atoms with Crippen LogP contribution in [0.1, 0.15) is 0 Å². The van der Waals surface area contributed by atoms with E-state index in [0.29, 0.717) is 17.2 Å². The van der Waals surface area contributed by atoms with E-state index in [-0.39, 0.29) is 0 Å². The second-order valence-electron chi connectivity index (χ2n) is 4.33. The van der Waals surface area contributed by atoms with Crippen LogP contribution in [0.3, 0.4) is 0 Å². The molecule has 2 aromatic carbocycles. The summed E-state index contributed by atoms with van der Waals surface area (Å²) >= 11 is 0. The summed E-state index contributed by atoms with van der Waals surface area (Å²) in [5.74, 6) is 1.99. The Morgan fingerprint density at radius 3 is 2.75 bits per heavy atom. The van der Waals surface area contributed by atoms with Crippen LogP contribution in [0.2, 0.25) is 0 Å². The molecule has 0 aliphatic heterocycles. The summed E-state index contributed by atoms with van der Waals surface area (Å²) in [5.41, 5.74) is 7.38. The Balaban J connectivity index is 2.05. The van der Waals surface area contributed by atoms with Gasteiger partial charge < -0.3 is 15.2 Å². The van der Waals surface area contributed by atoms with Gasteiger partial charge in [-0.3, -0.25) is 4.98 Å². The van der Waals surface area contributed by atoms with Crippen LogP contribution in [-0.2, 0) is 0 Å². The number of hydrogen-bond donors (Lipinski definition) is 1. The van der Waals surface area contributed by atoms with Crippen molar-refractivity contribution in [2.24, 2.45) is 0 Å². The molecule has 3 rings (SSSR count). The van der Waals surface area contributed by atoms with Crippen LogP contribution >= 0.6 is 0 Å². The molecule has 4 heteroatoms. The highest BCUT2D eigenvalue weighted by Gasteiger charge is 2.07. The fraction of sp³-hybridized carbons (Fsp3) is 0.0625. The summed E-state index contributed by atoms with van der Waals surface area (Å²) < 4.78 is 11.1. The molecule has 0 saturated carbocycles. The number of ether oxygens (including phenoxy) is 2. The molecule has 0 radical (unpaired) electrons. The zero-order chi connectivity index (χ0) is 13.9. The van der Waals surface area contributed by atoms with Gasteiger partial charge in [0.2, 0.25) is 0 Å². The van der Waals surface area contributed by atoms with Gasteiger partial charge in [-0.2, -0.15) is 0 Å². The molecule has 0 fully saturated rings. The third kappa shape index (κ3) is 2.23. The van der Waals surface area contributed by atoms with Crippen molar-refractivity contribution < 1.29 is 9.47 Å². The maximum atomic E-state index is 5.94. The second-order valence-corrected chi connectivity index (χ2v) is 4.33. The highest BCUT2D eigenvalue weighted by molar-refractivity contribution is 5.85. The lowest BCUT2D eigenvalue weighted by molar-refractivity contribution is 0.410. The monoisotopic (exact) mass is 266 g/mol. The molecule has 0 atom stereocenters. The van der Waals surface area contributed by atoms with Crippen molar-refractivity contribution >= 4 is 16.6 Å². The van der Waals surface area contributed by atoms with Gasteiger partial charge in [-0.15, -0.1) is 0 Å². The second kappa shape index (κ2) is 5.09. The maximum absolute atomic E-state index is 5.94. The Morgan fingerprint density at radius 1 is 1.00 bits per heavy atom. The molecule has 2 N–H and O–H groups in total. The summed E-state index contributed by atoms with van der Waals surface area (Å²) in [6.07, 6.45) is 1.76. The molecule has 1 aromatic heterocycles. The average Bonchev–Trinajstić information content (AvgIpc) is 2.50. The van der Waals surface area contributed by atoms with E-state index in [0.717, 1.165) is 16.7 Å². The van der Waals surface area contributed by atoms with Gasteiger partial charge in [-0.1, -0.05) is 6.07 Å². The van der Waals surface area contributed by atoms with E-state index in [1.807, 2.05) is 30.3 Å². The van der Waals surface area contributed by atoms with E-state index in [4.69, 9.17) is 15.2 Å². The average molecular weight is 266 g/mol. The molecular formula is C16H14N2O2. The van der Waals surface area contributed by atoms with Crippen LogP contribution in [0.15, 0.2) is 54.7 Å². The lowest BCUT2D eigenvalue weighted by atomic mass is 10.2. The predicted octanol–water partition coefficient (Wildman–Crippen LogP) is 3.62. The van der Waals surface area contributed by atoms with Gasteiger partial charge >= 0.3 is 0 Å². The number of rotatable bonds is 3. The zero-order valence-electron chi connectivity index (χ0n) is 11.0. The molecule has 0 aliphatic carbocycles. The summed E-state index contributed by atoms with van der Waals surface area (Å²) in [7, 11) is 1.61. The van der Waals surface area contributed by atoms with Gasteiger partial charge in [-0.25, -0.2) is 0 Å². The number of benzene rings is 2. The first-order chi connectivity index (χ1) is 9.78. The van der Waals surface area contributed by atoms with E-state index in [1.54, 1.807) is 31.5 Å². The van der Waals surface area contributed by atoms with Gasteiger partial charge in [-0.05, 0) is 36.4 Å². The Labute approximate surface area is 116 Å². The van der Waals surface area contributed by atoms with E-state index >= 15 is 0 Å². The fourth-order valence-electron chi connectivity index (χ4n) is 2.01. The molecule has 0 spiro atoms. The van der Waals surface area contributed by atoms with Crippen LogP contribution in [0.25, 0.3) is 10.9 Å². The number of fused-ring (bicyclic) bond motifs is 1. The van der Waals surface area contributed by atoms with Crippen molar-refractivity contribution in [3.8, 4) is 17.2 Å². The van der Waals surface area contributed by atoms with Gasteiger partial charge in [0.1, 0.15) is 11.5 Å². The summed E-state index contributed by atoms with van der Waals surface area (Å²) in [4.78, 5) is 4.30. The Hall–Kier alpha value is -2.75. The maximum Gasteiger partial charge on any atom is 0.154 e. The van der Waals surface area contributed by atoms with Crippen molar-refractivity contribution in [2.75, 3.05) is 12.8 Å². The highest BCUT2D eigenvalue weighted by Crippen LogP contribution is 2.34. The van der Waals surface area contributed by atoms with Crippen LogP contribution in [-0.4, -0.2) is 12.1 Å². The number of hydrogen-bond acceptors (Lipinski definition) is 4. The number of pyridine rings is 1.